The minimum Gasteiger partial charge on any atom is -0.338 e. The first-order valence-electron chi connectivity index (χ1n) is 13.3. The lowest BCUT2D eigenvalue weighted by Gasteiger charge is -2.27. The number of carbonyl (C=O) groups is 1. The van der Waals surface area contributed by atoms with Gasteiger partial charge in [-0.05, 0) is 6.42 Å². The van der Waals surface area contributed by atoms with Crippen LogP contribution in [0, 0.1) is 0 Å². The summed E-state index contributed by atoms with van der Waals surface area (Å²) in [5, 5.41) is 9.31. The van der Waals surface area contributed by atoms with E-state index in [4.69, 9.17) is 0 Å². The molecule has 1 saturated heterocycles. The zero-order valence-electron chi connectivity index (χ0n) is 20.1. The highest BCUT2D eigenvalue weighted by Gasteiger charge is 2.09. The molecule has 0 spiro atoms. The van der Waals surface area contributed by atoms with Crippen molar-refractivity contribution in [2.24, 2.45) is 0 Å². The van der Waals surface area contributed by atoms with E-state index in [9.17, 15) is 4.79 Å². The minimum absolute atomic E-state index is 0.00825. The summed E-state index contributed by atoms with van der Waals surface area (Å²) in [6, 6.07) is -0.00825. The molecule has 5 heteroatoms. The number of urea groups is 1. The normalized spacial score (nSPS) is 14.7. The Bertz CT molecular complexity index is 372. The van der Waals surface area contributed by atoms with E-state index in [2.05, 4.69) is 27.8 Å². The molecule has 2 amide bonds. The van der Waals surface area contributed by atoms with E-state index in [-0.39, 0.29) is 6.03 Å². The van der Waals surface area contributed by atoms with Crippen LogP contribution in [0.5, 0.6) is 0 Å². The van der Waals surface area contributed by atoms with Crippen LogP contribution in [0.4, 0.5) is 4.79 Å². The number of carbonyl (C=O) groups excluding carboxylic acids is 1. The summed E-state index contributed by atoms with van der Waals surface area (Å²) < 4.78 is 0. The molecule has 0 aromatic heterocycles. The lowest BCUT2D eigenvalue weighted by Crippen LogP contribution is -2.47. The van der Waals surface area contributed by atoms with Crippen LogP contribution in [0.25, 0.3) is 0 Å². The van der Waals surface area contributed by atoms with Crippen molar-refractivity contribution >= 4 is 6.03 Å². The van der Waals surface area contributed by atoms with E-state index in [0.717, 1.165) is 52.2 Å². The fraction of sp³-hybridized carbons (Fsp3) is 0.960. The number of unbranched alkanes of at least 4 members (excludes halogenated alkanes) is 15. The van der Waals surface area contributed by atoms with E-state index in [1.165, 1.54) is 96.3 Å². The monoisotopic (exact) mass is 424 g/mol. The fourth-order valence-electron chi connectivity index (χ4n) is 4.20. The van der Waals surface area contributed by atoms with Crippen molar-refractivity contribution in [3.05, 3.63) is 0 Å². The first-order valence-corrected chi connectivity index (χ1v) is 13.3. The molecule has 30 heavy (non-hydrogen) atoms. The highest BCUT2D eigenvalue weighted by molar-refractivity contribution is 5.73. The van der Waals surface area contributed by atoms with Crippen LogP contribution >= 0.6 is 0 Å². The molecule has 178 valence electrons. The first-order chi connectivity index (χ1) is 14.8. The van der Waals surface area contributed by atoms with Crippen LogP contribution in [-0.4, -0.2) is 56.7 Å². The third-order valence-electron chi connectivity index (χ3n) is 6.24. The molecule has 0 unspecified atom stereocenters. The second-order valence-electron chi connectivity index (χ2n) is 9.08. The number of amides is 2. The zero-order chi connectivity index (χ0) is 21.5. The van der Waals surface area contributed by atoms with Crippen molar-refractivity contribution in [1.82, 2.24) is 20.9 Å². The molecule has 0 bridgehead atoms. The molecule has 1 heterocycles. The SMILES string of the molecule is CCCCCCCCCCCCCCCCCCNC(=O)NCCN1CCNCC1. The molecular weight excluding hydrogens is 372 g/mol. The maximum Gasteiger partial charge on any atom is 0.314 e. The summed E-state index contributed by atoms with van der Waals surface area (Å²) in [7, 11) is 0. The third-order valence-corrected chi connectivity index (χ3v) is 6.24. The molecule has 3 N–H and O–H groups in total. The number of nitrogens with zero attached hydrogens (tertiary/aromatic N) is 1. The van der Waals surface area contributed by atoms with Gasteiger partial charge in [0.2, 0.25) is 0 Å². The lowest BCUT2D eigenvalue weighted by molar-refractivity contribution is 0.227. The maximum absolute atomic E-state index is 11.8. The van der Waals surface area contributed by atoms with Crippen molar-refractivity contribution in [3.8, 4) is 0 Å². The molecule has 0 atom stereocenters. The highest BCUT2D eigenvalue weighted by Crippen LogP contribution is 2.13. The Morgan fingerprint density at radius 2 is 1.10 bits per heavy atom. The summed E-state index contributed by atoms with van der Waals surface area (Å²) in [6.45, 7) is 9.08. The minimum atomic E-state index is -0.00825. The summed E-state index contributed by atoms with van der Waals surface area (Å²) in [6.07, 6.45) is 22.1. The molecule has 0 aliphatic carbocycles. The quantitative estimate of drug-likeness (QED) is 0.228. The van der Waals surface area contributed by atoms with E-state index in [1.807, 2.05) is 0 Å². The Morgan fingerprint density at radius 3 is 1.60 bits per heavy atom. The highest BCUT2D eigenvalue weighted by atomic mass is 16.2. The number of hydrogen-bond acceptors (Lipinski definition) is 3. The van der Waals surface area contributed by atoms with Crippen molar-refractivity contribution in [2.45, 2.75) is 110 Å². The predicted octanol–water partition coefficient (Wildman–Crippen LogP) is 5.45. The van der Waals surface area contributed by atoms with Gasteiger partial charge in [-0.1, -0.05) is 103 Å². The van der Waals surface area contributed by atoms with Crippen LogP contribution in [0.15, 0.2) is 0 Å². The molecule has 0 aromatic rings. The Hall–Kier alpha value is -0.810. The number of piperazine rings is 1. The van der Waals surface area contributed by atoms with Gasteiger partial charge in [-0.2, -0.15) is 0 Å². The fourth-order valence-corrected chi connectivity index (χ4v) is 4.20. The molecule has 1 aliphatic heterocycles. The number of rotatable bonds is 20. The van der Waals surface area contributed by atoms with Crippen LogP contribution in [-0.2, 0) is 0 Å². The van der Waals surface area contributed by atoms with Gasteiger partial charge >= 0.3 is 6.03 Å². The van der Waals surface area contributed by atoms with Gasteiger partial charge < -0.3 is 16.0 Å². The van der Waals surface area contributed by atoms with Crippen molar-refractivity contribution < 1.29 is 4.79 Å². The molecule has 0 aromatic carbocycles. The molecular formula is C25H52N4O. The van der Waals surface area contributed by atoms with Crippen LogP contribution < -0.4 is 16.0 Å². The predicted molar refractivity (Wildman–Crippen MR) is 130 cm³/mol. The van der Waals surface area contributed by atoms with Gasteiger partial charge in [0.15, 0.2) is 0 Å². The number of nitrogens with one attached hydrogen (secondary N) is 3. The summed E-state index contributed by atoms with van der Waals surface area (Å²) in [5.74, 6) is 0. The molecule has 0 radical (unpaired) electrons. The Labute approximate surface area is 187 Å². The summed E-state index contributed by atoms with van der Waals surface area (Å²) in [4.78, 5) is 14.2. The van der Waals surface area contributed by atoms with Crippen molar-refractivity contribution in [3.63, 3.8) is 0 Å². The van der Waals surface area contributed by atoms with Gasteiger partial charge in [0.05, 0.1) is 0 Å². The molecule has 0 saturated carbocycles. The van der Waals surface area contributed by atoms with Crippen LogP contribution in [0.1, 0.15) is 110 Å². The van der Waals surface area contributed by atoms with E-state index in [0.29, 0.717) is 0 Å². The zero-order valence-corrected chi connectivity index (χ0v) is 20.1. The Kier molecular flexibility index (Phi) is 19.4. The second kappa shape index (κ2) is 21.4. The van der Waals surface area contributed by atoms with Gasteiger partial charge in [0.1, 0.15) is 0 Å². The van der Waals surface area contributed by atoms with Crippen molar-refractivity contribution in [1.29, 1.82) is 0 Å². The smallest absolute Gasteiger partial charge is 0.314 e. The largest absolute Gasteiger partial charge is 0.338 e. The molecule has 5 nitrogen and oxygen atoms in total. The van der Waals surface area contributed by atoms with Crippen molar-refractivity contribution in [2.75, 3.05) is 45.8 Å². The lowest BCUT2D eigenvalue weighted by atomic mass is 10.0. The molecule has 1 fully saturated rings. The molecule has 1 rings (SSSR count). The van der Waals surface area contributed by atoms with Crippen LogP contribution in [0.3, 0.4) is 0 Å². The second-order valence-corrected chi connectivity index (χ2v) is 9.08. The van der Waals surface area contributed by atoms with E-state index < -0.39 is 0 Å². The standard InChI is InChI=1S/C25H52N4O/c1-2-3-4-5-6-7-8-9-10-11-12-13-14-15-16-17-18-27-25(30)28-21-24-29-22-19-26-20-23-29/h26H,2-24H2,1H3,(H2,27,28,30). The number of hydrogen-bond donors (Lipinski definition) is 3. The van der Waals surface area contributed by atoms with Gasteiger partial charge in [0.25, 0.3) is 0 Å². The Morgan fingerprint density at radius 1 is 0.667 bits per heavy atom. The van der Waals surface area contributed by atoms with Crippen LogP contribution in [0.2, 0.25) is 0 Å². The average molecular weight is 425 g/mol. The van der Waals surface area contributed by atoms with Gasteiger partial charge in [-0.3, -0.25) is 4.90 Å². The Balaban J connectivity index is 1.70. The van der Waals surface area contributed by atoms with E-state index >= 15 is 0 Å². The third kappa shape index (κ3) is 18.0. The molecule has 1 aliphatic rings. The van der Waals surface area contributed by atoms with Gasteiger partial charge in [0, 0.05) is 45.8 Å². The average Bonchev–Trinajstić information content (AvgIpc) is 2.76. The van der Waals surface area contributed by atoms with Gasteiger partial charge in [-0.25, -0.2) is 4.79 Å². The van der Waals surface area contributed by atoms with E-state index in [1.54, 1.807) is 0 Å². The van der Waals surface area contributed by atoms with Gasteiger partial charge in [-0.15, -0.1) is 0 Å². The summed E-state index contributed by atoms with van der Waals surface area (Å²) >= 11 is 0. The first kappa shape index (κ1) is 27.2. The topological polar surface area (TPSA) is 56.4 Å². The summed E-state index contributed by atoms with van der Waals surface area (Å²) in [5.41, 5.74) is 0. The maximum atomic E-state index is 11.8.